The van der Waals surface area contributed by atoms with Crippen molar-refractivity contribution in [2.24, 2.45) is 0 Å². The second-order valence-corrected chi connectivity index (χ2v) is 22.0. The normalized spacial score (nSPS) is 11.8. The van der Waals surface area contributed by atoms with E-state index in [1.807, 2.05) is 0 Å². The van der Waals surface area contributed by atoms with Gasteiger partial charge >= 0.3 is 173 Å². The molecular formula is C26H40Sn. The van der Waals surface area contributed by atoms with Crippen LogP contribution in [0, 0.1) is 0 Å². The molecule has 0 heterocycles. The monoisotopic (exact) mass is 472 g/mol. The van der Waals surface area contributed by atoms with Gasteiger partial charge in [-0.3, -0.25) is 0 Å². The zero-order chi connectivity index (χ0) is 19.5. The number of aryl methyl sites for hydroxylation is 1. The molecule has 0 atom stereocenters. The second-order valence-electron chi connectivity index (χ2n) is 8.38. The first-order valence-corrected chi connectivity index (χ1v) is 18.8. The summed E-state index contributed by atoms with van der Waals surface area (Å²) in [5, 5.41) is 2.72. The van der Waals surface area contributed by atoms with E-state index in [1.165, 1.54) is 67.7 Å². The molecule has 0 fully saturated rings. The summed E-state index contributed by atoms with van der Waals surface area (Å²) in [6, 6.07) is 15.7. The summed E-state index contributed by atoms with van der Waals surface area (Å²) in [6.45, 7) is 11.8. The van der Waals surface area contributed by atoms with Crippen molar-refractivity contribution in [3.63, 3.8) is 0 Å². The van der Waals surface area contributed by atoms with E-state index < -0.39 is 18.4 Å². The van der Waals surface area contributed by atoms with Gasteiger partial charge in [0.1, 0.15) is 0 Å². The Morgan fingerprint density at radius 2 is 1.33 bits per heavy atom. The first-order valence-electron chi connectivity index (χ1n) is 11.3. The van der Waals surface area contributed by atoms with E-state index in [-0.39, 0.29) is 0 Å². The Hall–Kier alpha value is -0.761. The SMILES string of the molecule is C=[C](CCc1ccc2ccccc2c1)[Sn]([CH2]CCC)([CH2]CCC)[CH2]CCC. The molecule has 0 spiro atoms. The van der Waals surface area contributed by atoms with Crippen molar-refractivity contribution >= 4 is 29.1 Å². The standard InChI is InChI=1S/C14H13.3C4H9.Sn/c1-2-3-6-12-9-10-13-7-4-5-8-14(13)11-12;3*1-3-4-2;/h4-5,7-11H,1,3,6H2;3*1,3-4H2,2H3;. The van der Waals surface area contributed by atoms with Crippen molar-refractivity contribution in [1.29, 1.82) is 0 Å². The van der Waals surface area contributed by atoms with E-state index in [1.54, 1.807) is 16.9 Å². The van der Waals surface area contributed by atoms with E-state index in [4.69, 9.17) is 6.58 Å². The Kier molecular flexibility index (Phi) is 9.96. The number of allylic oxidation sites excluding steroid dienone is 1. The third-order valence-electron chi connectivity index (χ3n) is 6.31. The van der Waals surface area contributed by atoms with Crippen molar-refractivity contribution in [2.45, 2.75) is 85.4 Å². The summed E-state index contributed by atoms with van der Waals surface area (Å²) in [6.07, 6.45) is 10.7. The molecule has 0 amide bonds. The fourth-order valence-electron chi connectivity index (χ4n) is 4.41. The van der Waals surface area contributed by atoms with Crippen molar-refractivity contribution < 1.29 is 0 Å². The van der Waals surface area contributed by atoms with Crippen LogP contribution in [0.4, 0.5) is 0 Å². The van der Waals surface area contributed by atoms with Crippen LogP contribution in [0.1, 0.15) is 71.3 Å². The van der Waals surface area contributed by atoms with Crippen LogP contribution < -0.4 is 0 Å². The number of rotatable bonds is 13. The molecule has 148 valence electrons. The predicted octanol–water partition coefficient (Wildman–Crippen LogP) is 8.72. The van der Waals surface area contributed by atoms with Crippen molar-refractivity contribution in [2.75, 3.05) is 0 Å². The summed E-state index contributed by atoms with van der Waals surface area (Å²) in [7, 11) is 0. The summed E-state index contributed by atoms with van der Waals surface area (Å²) < 4.78 is 6.36. The van der Waals surface area contributed by atoms with E-state index in [0.29, 0.717) is 0 Å². The maximum absolute atomic E-state index is 4.76. The van der Waals surface area contributed by atoms with Gasteiger partial charge in [0, 0.05) is 0 Å². The first kappa shape index (κ1) is 22.5. The molecule has 2 aromatic carbocycles. The molecule has 0 N–H and O–H groups in total. The van der Waals surface area contributed by atoms with Crippen LogP contribution in [-0.2, 0) is 6.42 Å². The Bertz CT molecular complexity index is 678. The molecule has 0 aliphatic carbocycles. The van der Waals surface area contributed by atoms with Crippen LogP contribution in [0.15, 0.2) is 52.6 Å². The van der Waals surface area contributed by atoms with Crippen molar-refractivity contribution in [3.05, 3.63) is 58.2 Å². The number of hydrogen-bond donors (Lipinski definition) is 0. The molecule has 0 aromatic heterocycles. The van der Waals surface area contributed by atoms with Gasteiger partial charge in [-0.1, -0.05) is 0 Å². The Morgan fingerprint density at radius 1 is 0.778 bits per heavy atom. The van der Waals surface area contributed by atoms with Gasteiger partial charge in [-0.05, 0) is 0 Å². The van der Waals surface area contributed by atoms with Gasteiger partial charge in [0.05, 0.1) is 0 Å². The third kappa shape index (κ3) is 6.66. The van der Waals surface area contributed by atoms with Gasteiger partial charge < -0.3 is 0 Å². The molecule has 1 heteroatoms. The molecule has 2 aromatic rings. The van der Waals surface area contributed by atoms with Gasteiger partial charge in [0.2, 0.25) is 0 Å². The second kappa shape index (κ2) is 11.9. The summed E-state index contributed by atoms with van der Waals surface area (Å²) in [4.78, 5) is 0. The molecule has 0 saturated carbocycles. The Balaban J connectivity index is 2.11. The van der Waals surface area contributed by atoms with E-state index in [9.17, 15) is 0 Å². The van der Waals surface area contributed by atoms with Gasteiger partial charge in [-0.25, -0.2) is 0 Å². The maximum atomic E-state index is 4.76. The number of fused-ring (bicyclic) bond motifs is 1. The molecule has 0 unspecified atom stereocenters. The van der Waals surface area contributed by atoms with Gasteiger partial charge in [0.15, 0.2) is 0 Å². The zero-order valence-corrected chi connectivity index (χ0v) is 20.9. The van der Waals surface area contributed by atoms with Crippen LogP contribution in [0.25, 0.3) is 10.8 Å². The molecule has 27 heavy (non-hydrogen) atoms. The molecule has 2 rings (SSSR count). The predicted molar refractivity (Wildman–Crippen MR) is 126 cm³/mol. The molecule has 0 saturated heterocycles. The molecule has 0 nitrogen and oxygen atoms in total. The van der Waals surface area contributed by atoms with Crippen LogP contribution in [0.5, 0.6) is 0 Å². The number of unbranched alkanes of at least 4 members (excludes halogenated alkanes) is 3. The van der Waals surface area contributed by atoms with Crippen molar-refractivity contribution in [3.8, 4) is 0 Å². The first-order chi connectivity index (χ1) is 13.1. The fraction of sp³-hybridized carbons (Fsp3) is 0.538. The van der Waals surface area contributed by atoms with E-state index in [0.717, 1.165) is 0 Å². The topological polar surface area (TPSA) is 0 Å². The van der Waals surface area contributed by atoms with E-state index >= 15 is 0 Å². The average Bonchev–Trinajstić information content (AvgIpc) is 2.71. The summed E-state index contributed by atoms with van der Waals surface area (Å²) in [5.74, 6) is 0. The van der Waals surface area contributed by atoms with Gasteiger partial charge in [-0.2, -0.15) is 0 Å². The van der Waals surface area contributed by atoms with Crippen LogP contribution >= 0.6 is 0 Å². The van der Waals surface area contributed by atoms with Gasteiger partial charge in [-0.15, -0.1) is 0 Å². The molecule has 0 radical (unpaired) electrons. The molecular weight excluding hydrogens is 431 g/mol. The van der Waals surface area contributed by atoms with Crippen LogP contribution in [-0.4, -0.2) is 18.4 Å². The third-order valence-corrected chi connectivity index (χ3v) is 22.5. The zero-order valence-electron chi connectivity index (χ0n) is 18.0. The number of hydrogen-bond acceptors (Lipinski definition) is 0. The minimum atomic E-state index is -2.25. The van der Waals surface area contributed by atoms with E-state index in [2.05, 4.69) is 63.2 Å². The number of benzene rings is 2. The molecule has 0 aliphatic rings. The molecule has 0 bridgehead atoms. The van der Waals surface area contributed by atoms with Crippen LogP contribution in [0.3, 0.4) is 0 Å². The minimum absolute atomic E-state index is 1.17. The Labute approximate surface area is 172 Å². The summed E-state index contributed by atoms with van der Waals surface area (Å²) in [5.41, 5.74) is 1.48. The Morgan fingerprint density at radius 3 is 1.89 bits per heavy atom. The van der Waals surface area contributed by atoms with Gasteiger partial charge in [0.25, 0.3) is 0 Å². The quantitative estimate of drug-likeness (QED) is 0.256. The van der Waals surface area contributed by atoms with Crippen LogP contribution in [0.2, 0.25) is 13.3 Å². The van der Waals surface area contributed by atoms with Crippen molar-refractivity contribution in [1.82, 2.24) is 0 Å². The fourth-order valence-corrected chi connectivity index (χ4v) is 20.3. The summed E-state index contributed by atoms with van der Waals surface area (Å²) >= 11 is -2.25. The molecule has 0 aliphatic heterocycles. The average molecular weight is 471 g/mol.